The molecule has 2 rings (SSSR count). The van der Waals surface area contributed by atoms with Crippen molar-refractivity contribution in [3.63, 3.8) is 0 Å². The number of rotatable bonds is 6. The fraction of sp³-hybridized carbons (Fsp3) is 0.188. The zero-order valence-electron chi connectivity index (χ0n) is 13.4. The SMILES string of the molecule is COc1cc(NC(=O)c2cc([N+](=O)[O-])ccc2OC)cc(OC)c1. The van der Waals surface area contributed by atoms with Crippen LogP contribution in [0.15, 0.2) is 36.4 Å². The van der Waals surface area contributed by atoms with Crippen LogP contribution in [0.1, 0.15) is 10.4 Å². The van der Waals surface area contributed by atoms with Crippen LogP contribution in [-0.2, 0) is 0 Å². The Morgan fingerprint density at radius 2 is 1.62 bits per heavy atom. The summed E-state index contributed by atoms with van der Waals surface area (Å²) < 4.78 is 15.4. The van der Waals surface area contributed by atoms with E-state index in [1.807, 2.05) is 0 Å². The molecule has 126 valence electrons. The van der Waals surface area contributed by atoms with Gasteiger partial charge in [0, 0.05) is 36.0 Å². The molecule has 0 radical (unpaired) electrons. The van der Waals surface area contributed by atoms with Crippen molar-refractivity contribution in [1.29, 1.82) is 0 Å². The van der Waals surface area contributed by atoms with Crippen LogP contribution in [-0.4, -0.2) is 32.2 Å². The molecule has 0 bridgehead atoms. The first-order valence-electron chi connectivity index (χ1n) is 6.85. The van der Waals surface area contributed by atoms with Crippen molar-refractivity contribution in [2.75, 3.05) is 26.6 Å². The van der Waals surface area contributed by atoms with Crippen LogP contribution in [0, 0.1) is 10.1 Å². The van der Waals surface area contributed by atoms with Gasteiger partial charge in [-0.1, -0.05) is 0 Å². The Morgan fingerprint density at radius 1 is 1.00 bits per heavy atom. The number of benzene rings is 2. The lowest BCUT2D eigenvalue weighted by atomic mass is 10.1. The Morgan fingerprint density at radius 3 is 2.12 bits per heavy atom. The van der Waals surface area contributed by atoms with E-state index in [4.69, 9.17) is 14.2 Å². The molecule has 0 atom stereocenters. The highest BCUT2D eigenvalue weighted by atomic mass is 16.6. The van der Waals surface area contributed by atoms with Crippen LogP contribution in [0.3, 0.4) is 0 Å². The number of nitro benzene ring substituents is 1. The Kier molecular flexibility index (Phi) is 5.20. The van der Waals surface area contributed by atoms with E-state index in [9.17, 15) is 14.9 Å². The second-order valence-corrected chi connectivity index (χ2v) is 4.70. The normalized spacial score (nSPS) is 9.96. The fourth-order valence-corrected chi connectivity index (χ4v) is 2.07. The molecule has 2 aromatic rings. The van der Waals surface area contributed by atoms with Crippen molar-refractivity contribution < 1.29 is 23.9 Å². The third-order valence-corrected chi connectivity index (χ3v) is 3.25. The van der Waals surface area contributed by atoms with Gasteiger partial charge in [0.25, 0.3) is 11.6 Å². The number of non-ortho nitro benzene ring substituents is 1. The molecular weight excluding hydrogens is 316 g/mol. The number of hydrogen-bond acceptors (Lipinski definition) is 6. The van der Waals surface area contributed by atoms with Crippen LogP contribution in [0.4, 0.5) is 11.4 Å². The number of amides is 1. The number of hydrogen-bond donors (Lipinski definition) is 1. The van der Waals surface area contributed by atoms with E-state index in [1.54, 1.807) is 18.2 Å². The first-order chi connectivity index (χ1) is 11.5. The van der Waals surface area contributed by atoms with Crippen LogP contribution in [0.25, 0.3) is 0 Å². The molecule has 0 aromatic heterocycles. The van der Waals surface area contributed by atoms with Gasteiger partial charge in [-0.15, -0.1) is 0 Å². The van der Waals surface area contributed by atoms with Gasteiger partial charge in [0.1, 0.15) is 17.2 Å². The number of ether oxygens (including phenoxy) is 3. The molecule has 0 aliphatic rings. The number of carbonyl (C=O) groups excluding carboxylic acids is 1. The van der Waals surface area contributed by atoms with Gasteiger partial charge >= 0.3 is 0 Å². The highest BCUT2D eigenvalue weighted by Gasteiger charge is 2.18. The third kappa shape index (κ3) is 3.72. The number of methoxy groups -OCH3 is 3. The Hall–Kier alpha value is -3.29. The number of carbonyl (C=O) groups is 1. The molecular formula is C16H16N2O6. The maximum Gasteiger partial charge on any atom is 0.270 e. The molecule has 8 heteroatoms. The maximum absolute atomic E-state index is 12.5. The Bertz CT molecular complexity index is 753. The molecule has 2 aromatic carbocycles. The topological polar surface area (TPSA) is 99.9 Å². The predicted octanol–water partition coefficient (Wildman–Crippen LogP) is 2.87. The molecule has 0 saturated carbocycles. The average molecular weight is 332 g/mol. The first-order valence-corrected chi connectivity index (χ1v) is 6.85. The number of nitro groups is 1. The summed E-state index contributed by atoms with van der Waals surface area (Å²) in [7, 11) is 4.36. The maximum atomic E-state index is 12.5. The van der Waals surface area contributed by atoms with E-state index >= 15 is 0 Å². The van der Waals surface area contributed by atoms with Crippen molar-refractivity contribution >= 4 is 17.3 Å². The Balaban J connectivity index is 2.36. The molecule has 0 aliphatic carbocycles. The second-order valence-electron chi connectivity index (χ2n) is 4.70. The summed E-state index contributed by atoms with van der Waals surface area (Å²) >= 11 is 0. The van der Waals surface area contributed by atoms with Crippen molar-refractivity contribution in [1.82, 2.24) is 0 Å². The highest BCUT2D eigenvalue weighted by Crippen LogP contribution is 2.28. The van der Waals surface area contributed by atoms with Gasteiger partial charge in [-0.3, -0.25) is 14.9 Å². The molecule has 0 unspecified atom stereocenters. The molecule has 0 saturated heterocycles. The van der Waals surface area contributed by atoms with Gasteiger partial charge in [-0.2, -0.15) is 0 Å². The lowest BCUT2D eigenvalue weighted by Crippen LogP contribution is -2.13. The lowest BCUT2D eigenvalue weighted by molar-refractivity contribution is -0.384. The minimum Gasteiger partial charge on any atom is -0.497 e. The summed E-state index contributed by atoms with van der Waals surface area (Å²) in [5.74, 6) is 0.671. The molecule has 0 fully saturated rings. The molecule has 0 aliphatic heterocycles. The summed E-state index contributed by atoms with van der Waals surface area (Å²) in [4.78, 5) is 22.8. The molecule has 0 spiro atoms. The van der Waals surface area contributed by atoms with Gasteiger partial charge in [-0.05, 0) is 6.07 Å². The van der Waals surface area contributed by atoms with Crippen molar-refractivity contribution in [3.05, 3.63) is 52.1 Å². The van der Waals surface area contributed by atoms with Gasteiger partial charge in [-0.25, -0.2) is 0 Å². The number of anilines is 1. The molecule has 1 N–H and O–H groups in total. The summed E-state index contributed by atoms with van der Waals surface area (Å²) in [5.41, 5.74) is 0.266. The third-order valence-electron chi connectivity index (χ3n) is 3.25. The van der Waals surface area contributed by atoms with Gasteiger partial charge < -0.3 is 19.5 Å². The molecule has 8 nitrogen and oxygen atoms in total. The van der Waals surface area contributed by atoms with Crippen LogP contribution < -0.4 is 19.5 Å². The fourth-order valence-electron chi connectivity index (χ4n) is 2.07. The van der Waals surface area contributed by atoms with Gasteiger partial charge in [0.2, 0.25) is 0 Å². The van der Waals surface area contributed by atoms with Crippen molar-refractivity contribution in [2.24, 2.45) is 0 Å². The Labute approximate surface area is 138 Å². The second kappa shape index (κ2) is 7.32. The smallest absolute Gasteiger partial charge is 0.270 e. The monoisotopic (exact) mass is 332 g/mol. The number of nitrogens with zero attached hydrogens (tertiary/aromatic N) is 1. The van der Waals surface area contributed by atoms with Crippen molar-refractivity contribution in [2.45, 2.75) is 0 Å². The minimum absolute atomic E-state index is 0.0495. The molecule has 24 heavy (non-hydrogen) atoms. The molecule has 0 heterocycles. The number of nitrogens with one attached hydrogen (secondary N) is 1. The average Bonchev–Trinajstić information content (AvgIpc) is 2.60. The van der Waals surface area contributed by atoms with Crippen LogP contribution in [0.5, 0.6) is 17.2 Å². The summed E-state index contributed by atoms with van der Waals surface area (Å²) in [6.45, 7) is 0. The lowest BCUT2D eigenvalue weighted by Gasteiger charge is -2.11. The highest BCUT2D eigenvalue weighted by molar-refractivity contribution is 6.06. The van der Waals surface area contributed by atoms with Gasteiger partial charge in [0.05, 0.1) is 31.8 Å². The van der Waals surface area contributed by atoms with E-state index in [1.165, 1.54) is 33.5 Å². The van der Waals surface area contributed by atoms with Crippen molar-refractivity contribution in [3.8, 4) is 17.2 Å². The van der Waals surface area contributed by atoms with E-state index in [-0.39, 0.29) is 17.0 Å². The summed E-state index contributed by atoms with van der Waals surface area (Å²) in [5, 5.41) is 13.5. The van der Waals surface area contributed by atoms with E-state index in [2.05, 4.69) is 5.32 Å². The quantitative estimate of drug-likeness (QED) is 0.645. The zero-order valence-corrected chi connectivity index (χ0v) is 13.4. The standard InChI is InChI=1S/C16H16N2O6/c1-22-12-6-10(7-13(9-12)23-2)17-16(19)14-8-11(18(20)21)4-5-15(14)24-3/h4-9H,1-3H3,(H,17,19). The molecule has 1 amide bonds. The summed E-state index contributed by atoms with van der Waals surface area (Å²) in [6.07, 6.45) is 0. The summed E-state index contributed by atoms with van der Waals surface area (Å²) in [6, 6.07) is 8.66. The van der Waals surface area contributed by atoms with Gasteiger partial charge in [0.15, 0.2) is 0 Å². The van der Waals surface area contributed by atoms with Crippen LogP contribution >= 0.6 is 0 Å². The van der Waals surface area contributed by atoms with E-state index in [0.29, 0.717) is 17.2 Å². The largest absolute Gasteiger partial charge is 0.497 e. The predicted molar refractivity (Wildman–Crippen MR) is 87.1 cm³/mol. The van der Waals surface area contributed by atoms with E-state index < -0.39 is 10.8 Å². The van der Waals surface area contributed by atoms with Crippen LogP contribution in [0.2, 0.25) is 0 Å². The van der Waals surface area contributed by atoms with E-state index in [0.717, 1.165) is 6.07 Å². The zero-order chi connectivity index (χ0) is 17.7. The minimum atomic E-state index is -0.579. The first kappa shape index (κ1) is 17.1.